The standard InChI is InChI=1S/C16H30N6.2HI/c1-21(2)11-7-19(8-12-21)15-5-6-16(18-17-15)20-9-13-22(3,4)14-10-20;;/h5-6H,7-14H2,1-4H3;2*1H/q+2;;/p-2. The van der Waals surface area contributed by atoms with E-state index in [4.69, 9.17) is 0 Å². The summed E-state index contributed by atoms with van der Waals surface area (Å²) in [4.78, 5) is 4.72. The fourth-order valence-electron chi connectivity index (χ4n) is 3.13. The number of hydrogen-bond acceptors (Lipinski definition) is 4. The Morgan fingerprint density at radius 2 is 0.958 bits per heavy atom. The Bertz CT molecular complexity index is 453. The van der Waals surface area contributed by atoms with Crippen molar-refractivity contribution in [3.63, 3.8) is 0 Å². The zero-order chi connectivity index (χ0) is 15.8. The third kappa shape index (κ3) is 5.53. The first-order valence-corrected chi connectivity index (χ1v) is 8.32. The zero-order valence-electron chi connectivity index (χ0n) is 15.3. The van der Waals surface area contributed by atoms with Gasteiger partial charge in [-0.05, 0) is 12.1 Å². The maximum Gasteiger partial charge on any atom is 0.151 e. The van der Waals surface area contributed by atoms with Crippen molar-refractivity contribution in [1.29, 1.82) is 0 Å². The van der Waals surface area contributed by atoms with Gasteiger partial charge in [0.2, 0.25) is 0 Å². The van der Waals surface area contributed by atoms with E-state index < -0.39 is 0 Å². The van der Waals surface area contributed by atoms with Crippen LogP contribution in [0.2, 0.25) is 0 Å². The smallest absolute Gasteiger partial charge is 0.151 e. The second-order valence-electron chi connectivity index (χ2n) is 7.99. The highest BCUT2D eigenvalue weighted by Crippen LogP contribution is 2.19. The predicted molar refractivity (Wildman–Crippen MR) is 90.1 cm³/mol. The molecule has 138 valence electrons. The summed E-state index contributed by atoms with van der Waals surface area (Å²) in [6, 6.07) is 4.28. The van der Waals surface area contributed by atoms with E-state index in [0.29, 0.717) is 0 Å². The van der Waals surface area contributed by atoms with Gasteiger partial charge in [0.25, 0.3) is 0 Å². The molecule has 8 heteroatoms. The summed E-state index contributed by atoms with van der Waals surface area (Å²) in [5, 5.41) is 8.97. The molecule has 24 heavy (non-hydrogen) atoms. The Labute approximate surface area is 180 Å². The topological polar surface area (TPSA) is 32.3 Å². The van der Waals surface area contributed by atoms with Gasteiger partial charge >= 0.3 is 0 Å². The van der Waals surface area contributed by atoms with Crippen LogP contribution in [0.5, 0.6) is 0 Å². The second-order valence-corrected chi connectivity index (χ2v) is 7.99. The highest BCUT2D eigenvalue weighted by atomic mass is 127. The average Bonchev–Trinajstić information content (AvgIpc) is 2.48. The van der Waals surface area contributed by atoms with E-state index in [-0.39, 0.29) is 48.0 Å². The van der Waals surface area contributed by atoms with Gasteiger partial charge in [0.05, 0.1) is 80.5 Å². The number of piperazine rings is 2. The minimum Gasteiger partial charge on any atom is -1.00 e. The molecule has 2 fully saturated rings. The van der Waals surface area contributed by atoms with Gasteiger partial charge in [0.15, 0.2) is 11.6 Å². The fourth-order valence-corrected chi connectivity index (χ4v) is 3.13. The number of rotatable bonds is 2. The minimum atomic E-state index is 0. The monoisotopic (exact) mass is 560 g/mol. The average molecular weight is 560 g/mol. The molecule has 2 aliphatic rings. The first kappa shape index (κ1) is 22.1. The zero-order valence-corrected chi connectivity index (χ0v) is 19.6. The van der Waals surface area contributed by atoms with E-state index in [2.05, 4.69) is 60.3 Å². The van der Waals surface area contributed by atoms with Crippen LogP contribution in [0.3, 0.4) is 0 Å². The first-order chi connectivity index (χ1) is 10.3. The molecule has 0 aromatic carbocycles. The van der Waals surface area contributed by atoms with Crippen molar-refractivity contribution in [3.05, 3.63) is 12.1 Å². The largest absolute Gasteiger partial charge is 1.00 e. The van der Waals surface area contributed by atoms with E-state index in [1.165, 1.54) is 26.2 Å². The van der Waals surface area contributed by atoms with Crippen LogP contribution in [0.1, 0.15) is 0 Å². The predicted octanol–water partition coefficient (Wildman–Crippen LogP) is -5.72. The first-order valence-electron chi connectivity index (χ1n) is 8.32. The van der Waals surface area contributed by atoms with Crippen molar-refractivity contribution < 1.29 is 56.9 Å². The van der Waals surface area contributed by atoms with E-state index in [0.717, 1.165) is 46.8 Å². The number of nitrogens with zero attached hydrogens (tertiary/aromatic N) is 6. The molecular formula is C16H30I2N6. The number of halogens is 2. The van der Waals surface area contributed by atoms with Crippen molar-refractivity contribution in [2.75, 3.05) is 90.3 Å². The number of quaternary nitrogens is 2. The molecule has 0 amide bonds. The molecule has 6 nitrogen and oxygen atoms in total. The molecule has 1 aromatic rings. The van der Waals surface area contributed by atoms with Crippen molar-refractivity contribution in [3.8, 4) is 0 Å². The fraction of sp³-hybridized carbons (Fsp3) is 0.750. The molecule has 0 atom stereocenters. The third-order valence-electron chi connectivity index (χ3n) is 5.19. The maximum absolute atomic E-state index is 4.48. The van der Waals surface area contributed by atoms with Crippen LogP contribution in [-0.4, -0.2) is 99.7 Å². The molecule has 3 rings (SSSR count). The highest BCUT2D eigenvalue weighted by Gasteiger charge is 2.27. The normalized spacial score (nSPS) is 22.3. The molecule has 0 aliphatic carbocycles. The summed E-state index contributed by atoms with van der Waals surface area (Å²) in [6.07, 6.45) is 0. The molecule has 0 unspecified atom stereocenters. The lowest BCUT2D eigenvalue weighted by molar-refractivity contribution is -0.890. The lowest BCUT2D eigenvalue weighted by atomic mass is 10.2. The quantitative estimate of drug-likeness (QED) is 0.267. The summed E-state index contributed by atoms with van der Waals surface area (Å²) in [7, 11) is 9.18. The number of anilines is 2. The molecule has 0 radical (unpaired) electrons. The van der Waals surface area contributed by atoms with Gasteiger partial charge in [-0.1, -0.05) is 0 Å². The van der Waals surface area contributed by atoms with Gasteiger partial charge in [-0.3, -0.25) is 0 Å². The van der Waals surface area contributed by atoms with Gasteiger partial charge < -0.3 is 66.7 Å². The van der Waals surface area contributed by atoms with Gasteiger partial charge in [0, 0.05) is 0 Å². The van der Waals surface area contributed by atoms with E-state index in [9.17, 15) is 0 Å². The Morgan fingerprint density at radius 3 is 1.21 bits per heavy atom. The lowest BCUT2D eigenvalue weighted by Gasteiger charge is -2.40. The van der Waals surface area contributed by atoms with Crippen molar-refractivity contribution >= 4 is 11.6 Å². The lowest BCUT2D eigenvalue weighted by Crippen LogP contribution is -3.00. The molecule has 3 heterocycles. The molecule has 0 bridgehead atoms. The van der Waals surface area contributed by atoms with Crippen LogP contribution < -0.4 is 57.8 Å². The van der Waals surface area contributed by atoms with Crippen molar-refractivity contribution in [2.24, 2.45) is 0 Å². The van der Waals surface area contributed by atoms with Gasteiger partial charge in [0.1, 0.15) is 0 Å². The molecular weight excluding hydrogens is 530 g/mol. The molecule has 0 saturated carbocycles. The van der Waals surface area contributed by atoms with Crippen LogP contribution in [0.4, 0.5) is 11.6 Å². The van der Waals surface area contributed by atoms with Crippen molar-refractivity contribution in [1.82, 2.24) is 10.2 Å². The Kier molecular flexibility index (Phi) is 7.95. The molecule has 2 saturated heterocycles. The minimum absolute atomic E-state index is 0. The number of hydrogen-bond donors (Lipinski definition) is 0. The Hall–Kier alpha value is 0.0600. The van der Waals surface area contributed by atoms with Gasteiger partial charge in [-0.25, -0.2) is 0 Å². The summed E-state index contributed by atoms with van der Waals surface area (Å²) in [5.41, 5.74) is 0. The van der Waals surface area contributed by atoms with Gasteiger partial charge in [-0.2, -0.15) is 0 Å². The summed E-state index contributed by atoms with van der Waals surface area (Å²) in [5.74, 6) is 2.05. The summed E-state index contributed by atoms with van der Waals surface area (Å²) >= 11 is 0. The molecule has 2 aliphatic heterocycles. The van der Waals surface area contributed by atoms with Crippen LogP contribution in [0.15, 0.2) is 12.1 Å². The van der Waals surface area contributed by atoms with E-state index >= 15 is 0 Å². The van der Waals surface area contributed by atoms with E-state index in [1.54, 1.807) is 0 Å². The summed E-state index contributed by atoms with van der Waals surface area (Å²) < 4.78 is 2.20. The van der Waals surface area contributed by atoms with Crippen LogP contribution in [-0.2, 0) is 0 Å². The van der Waals surface area contributed by atoms with Crippen LogP contribution in [0.25, 0.3) is 0 Å². The molecule has 1 aromatic heterocycles. The Balaban J connectivity index is 0.00000144. The summed E-state index contributed by atoms with van der Waals surface area (Å²) in [6.45, 7) is 8.94. The van der Waals surface area contributed by atoms with E-state index in [1.807, 2.05) is 0 Å². The second kappa shape index (κ2) is 8.63. The van der Waals surface area contributed by atoms with Crippen molar-refractivity contribution in [2.45, 2.75) is 0 Å². The number of aromatic nitrogens is 2. The maximum atomic E-state index is 4.48. The molecule has 0 spiro atoms. The van der Waals surface area contributed by atoms with Crippen LogP contribution >= 0.6 is 0 Å². The third-order valence-corrected chi connectivity index (χ3v) is 5.19. The SMILES string of the molecule is C[N+]1(C)CCN(c2ccc(N3CC[N+](C)(C)CC3)nn2)CC1.[I-].[I-]. The highest BCUT2D eigenvalue weighted by molar-refractivity contribution is 5.45. The van der Waals surface area contributed by atoms with Gasteiger partial charge in [-0.15, -0.1) is 10.2 Å². The molecule has 0 N–H and O–H groups in total. The van der Waals surface area contributed by atoms with Crippen LogP contribution in [0, 0.1) is 0 Å². The number of likely N-dealkylation sites (N-methyl/N-ethyl adjacent to an activating group) is 2. The Morgan fingerprint density at radius 1 is 0.667 bits per heavy atom.